The Morgan fingerprint density at radius 1 is 1.22 bits per heavy atom. The molecule has 0 spiro atoms. The summed E-state index contributed by atoms with van der Waals surface area (Å²) in [5.41, 5.74) is 3.03. The van der Waals surface area contributed by atoms with Gasteiger partial charge in [-0.05, 0) is 54.6 Å². The number of nitrogens with zero attached hydrogens (tertiary/aromatic N) is 4. The number of pyridine rings is 1. The van der Waals surface area contributed by atoms with Crippen molar-refractivity contribution >= 4 is 50.9 Å². The Bertz CT molecular complexity index is 1470. The van der Waals surface area contributed by atoms with E-state index in [1.54, 1.807) is 35.4 Å². The molecule has 1 saturated heterocycles. The molecule has 1 aromatic carbocycles. The highest BCUT2D eigenvalue weighted by Crippen LogP contribution is 2.30. The lowest BCUT2D eigenvalue weighted by Crippen LogP contribution is -2.61. The van der Waals surface area contributed by atoms with Gasteiger partial charge in [-0.25, -0.2) is 14.4 Å². The molecule has 1 fully saturated rings. The molecular weight excluding hydrogens is 503 g/mol. The number of aromatic nitrogens is 3. The fraction of sp³-hybridized carbons (Fsp3) is 0.240. The van der Waals surface area contributed by atoms with Gasteiger partial charge in [-0.1, -0.05) is 17.7 Å². The van der Waals surface area contributed by atoms with Gasteiger partial charge in [0.05, 0.1) is 28.5 Å². The molecule has 1 aliphatic rings. The summed E-state index contributed by atoms with van der Waals surface area (Å²) in [6.45, 7) is 4.51. The van der Waals surface area contributed by atoms with Crippen LogP contribution in [0, 0.1) is 12.7 Å². The molecule has 0 bridgehead atoms. The van der Waals surface area contributed by atoms with E-state index >= 15 is 0 Å². The Morgan fingerprint density at radius 2 is 2.03 bits per heavy atom. The number of halogens is 2. The first kappa shape index (κ1) is 24.1. The third-order valence-corrected chi connectivity index (χ3v) is 7.29. The van der Waals surface area contributed by atoms with Crippen molar-refractivity contribution in [3.8, 4) is 0 Å². The maximum absolute atomic E-state index is 13.6. The third kappa shape index (κ3) is 4.87. The zero-order chi connectivity index (χ0) is 25.4. The first-order valence-corrected chi connectivity index (χ1v) is 12.5. The number of rotatable bonds is 6. The number of thiophene rings is 1. The minimum atomic E-state index is -0.433. The van der Waals surface area contributed by atoms with E-state index in [1.165, 1.54) is 17.4 Å². The zero-order valence-electron chi connectivity index (χ0n) is 19.5. The molecule has 2 amide bonds. The number of fused-ring (bicyclic) bond motifs is 1. The summed E-state index contributed by atoms with van der Waals surface area (Å²) in [6, 6.07) is 7.61. The molecule has 184 valence electrons. The molecule has 1 atom stereocenters. The molecule has 4 aromatic rings. The Balaban J connectivity index is 1.31. The van der Waals surface area contributed by atoms with Crippen LogP contribution in [0.5, 0.6) is 0 Å². The first-order chi connectivity index (χ1) is 17.3. The van der Waals surface area contributed by atoms with Crippen LogP contribution in [0.3, 0.4) is 0 Å². The van der Waals surface area contributed by atoms with E-state index in [4.69, 9.17) is 11.6 Å². The van der Waals surface area contributed by atoms with Crippen molar-refractivity contribution in [3.05, 3.63) is 81.3 Å². The average molecular weight is 525 g/mol. The van der Waals surface area contributed by atoms with Crippen LogP contribution < -0.4 is 10.6 Å². The van der Waals surface area contributed by atoms with Gasteiger partial charge in [0.25, 0.3) is 11.8 Å². The summed E-state index contributed by atoms with van der Waals surface area (Å²) >= 11 is 7.39. The van der Waals surface area contributed by atoms with Crippen LogP contribution in [0.15, 0.2) is 48.1 Å². The van der Waals surface area contributed by atoms with Crippen LogP contribution >= 0.6 is 22.9 Å². The van der Waals surface area contributed by atoms with Crippen LogP contribution in [0.4, 0.5) is 10.3 Å². The fourth-order valence-electron chi connectivity index (χ4n) is 3.97. The maximum Gasteiger partial charge on any atom is 0.274 e. The van der Waals surface area contributed by atoms with Gasteiger partial charge in [-0.15, -0.1) is 11.3 Å². The number of hydrogen-bond acceptors (Lipinski definition) is 7. The van der Waals surface area contributed by atoms with Gasteiger partial charge in [-0.3, -0.25) is 14.6 Å². The highest BCUT2D eigenvalue weighted by molar-refractivity contribution is 7.17. The van der Waals surface area contributed by atoms with E-state index < -0.39 is 5.82 Å². The summed E-state index contributed by atoms with van der Waals surface area (Å²) in [4.78, 5) is 40.5. The molecule has 8 nitrogen and oxygen atoms in total. The second kappa shape index (κ2) is 9.79. The number of hydrogen-bond donors (Lipinski definition) is 2. The van der Waals surface area contributed by atoms with Gasteiger partial charge >= 0.3 is 0 Å². The summed E-state index contributed by atoms with van der Waals surface area (Å²) in [6.07, 6.45) is 2.71. The van der Waals surface area contributed by atoms with Crippen molar-refractivity contribution in [3.63, 3.8) is 0 Å². The van der Waals surface area contributed by atoms with Gasteiger partial charge in [0, 0.05) is 29.9 Å². The SMILES string of the molecule is Cc1csc2c(C(=O)N3CC(NC(=O)c4cccc(Cl)c4)C3)nc(NC(C)c3cncc(F)c3)nc12. The lowest BCUT2D eigenvalue weighted by Gasteiger charge is -2.39. The van der Waals surface area contributed by atoms with Crippen molar-refractivity contribution in [1.29, 1.82) is 0 Å². The highest BCUT2D eigenvalue weighted by atomic mass is 35.5. The normalized spacial score (nSPS) is 14.4. The Labute approximate surface area is 215 Å². The van der Waals surface area contributed by atoms with Crippen molar-refractivity contribution in [2.24, 2.45) is 0 Å². The summed E-state index contributed by atoms with van der Waals surface area (Å²) < 4.78 is 14.3. The van der Waals surface area contributed by atoms with E-state index in [-0.39, 0.29) is 29.8 Å². The Morgan fingerprint density at radius 3 is 2.78 bits per heavy atom. The molecule has 1 aliphatic heterocycles. The lowest BCUT2D eigenvalue weighted by atomic mass is 10.1. The molecule has 0 aliphatic carbocycles. The van der Waals surface area contributed by atoms with Gasteiger partial charge < -0.3 is 15.5 Å². The minimum absolute atomic E-state index is 0.166. The molecule has 2 N–H and O–H groups in total. The van der Waals surface area contributed by atoms with E-state index in [2.05, 4.69) is 25.6 Å². The number of likely N-dealkylation sites (tertiary alicyclic amines) is 1. The first-order valence-electron chi connectivity index (χ1n) is 11.3. The van der Waals surface area contributed by atoms with Crippen LogP contribution in [-0.2, 0) is 0 Å². The highest BCUT2D eigenvalue weighted by Gasteiger charge is 2.34. The van der Waals surface area contributed by atoms with Gasteiger partial charge in [-0.2, -0.15) is 0 Å². The Kier molecular flexibility index (Phi) is 6.55. The summed E-state index contributed by atoms with van der Waals surface area (Å²) in [7, 11) is 0. The minimum Gasteiger partial charge on any atom is -0.348 e. The van der Waals surface area contributed by atoms with Crippen molar-refractivity contribution in [1.82, 2.24) is 25.2 Å². The molecule has 5 rings (SSSR count). The van der Waals surface area contributed by atoms with Crippen LogP contribution in [0.2, 0.25) is 5.02 Å². The second-order valence-corrected chi connectivity index (χ2v) is 10.0. The van der Waals surface area contributed by atoms with Crippen molar-refractivity contribution < 1.29 is 14.0 Å². The Hall–Kier alpha value is -3.63. The topological polar surface area (TPSA) is 100 Å². The number of amides is 2. The van der Waals surface area contributed by atoms with Crippen molar-refractivity contribution in [2.75, 3.05) is 18.4 Å². The van der Waals surface area contributed by atoms with Crippen LogP contribution in [0.25, 0.3) is 10.2 Å². The van der Waals surface area contributed by atoms with E-state index in [0.29, 0.717) is 45.1 Å². The van der Waals surface area contributed by atoms with E-state index in [0.717, 1.165) is 11.8 Å². The molecule has 1 unspecified atom stereocenters. The number of nitrogens with one attached hydrogen (secondary N) is 2. The number of carbonyl (C=O) groups is 2. The quantitative estimate of drug-likeness (QED) is 0.382. The summed E-state index contributed by atoms with van der Waals surface area (Å²) in [5, 5.41) is 8.51. The largest absolute Gasteiger partial charge is 0.348 e. The van der Waals surface area contributed by atoms with Crippen molar-refractivity contribution in [2.45, 2.75) is 25.9 Å². The summed E-state index contributed by atoms with van der Waals surface area (Å²) in [5.74, 6) is -0.631. The smallest absolute Gasteiger partial charge is 0.274 e. The average Bonchev–Trinajstić information content (AvgIpc) is 3.20. The third-order valence-electron chi connectivity index (χ3n) is 5.96. The molecule has 11 heteroatoms. The molecule has 0 saturated carbocycles. The lowest BCUT2D eigenvalue weighted by molar-refractivity contribution is 0.0539. The van der Waals surface area contributed by atoms with E-state index in [9.17, 15) is 14.0 Å². The van der Waals surface area contributed by atoms with Crippen LogP contribution in [-0.4, -0.2) is 50.8 Å². The molecule has 36 heavy (non-hydrogen) atoms. The standard InChI is InChI=1S/C25H22ClFN6O2S/c1-13-12-36-22-20(13)31-25(29-14(2)16-7-18(27)9-28-8-16)32-21(22)24(35)33-10-19(11-33)30-23(34)15-4-3-5-17(26)6-15/h3-9,12,14,19H,10-11H2,1-2H3,(H,30,34)(H,29,31,32). The molecule has 0 radical (unpaired) electrons. The number of aryl methyl sites for hydroxylation is 1. The molecular formula is C25H22ClFN6O2S. The zero-order valence-corrected chi connectivity index (χ0v) is 21.0. The number of benzene rings is 1. The predicted molar refractivity (Wildman–Crippen MR) is 137 cm³/mol. The fourth-order valence-corrected chi connectivity index (χ4v) is 5.13. The number of anilines is 1. The van der Waals surface area contributed by atoms with Gasteiger partial charge in [0.1, 0.15) is 5.82 Å². The monoisotopic (exact) mass is 524 g/mol. The van der Waals surface area contributed by atoms with Gasteiger partial charge in [0.15, 0.2) is 5.69 Å². The van der Waals surface area contributed by atoms with Crippen LogP contribution in [0.1, 0.15) is 44.9 Å². The number of carbonyl (C=O) groups excluding carboxylic acids is 2. The van der Waals surface area contributed by atoms with Gasteiger partial charge in [0.2, 0.25) is 5.95 Å². The molecule has 4 heterocycles. The maximum atomic E-state index is 13.6. The molecule has 3 aromatic heterocycles. The predicted octanol–water partition coefficient (Wildman–Crippen LogP) is 4.61. The second-order valence-electron chi connectivity index (χ2n) is 8.69. The van der Waals surface area contributed by atoms with E-state index in [1.807, 2.05) is 19.2 Å².